The first-order valence-electron chi connectivity index (χ1n) is 10.9. The van der Waals surface area contributed by atoms with E-state index in [-0.39, 0.29) is 30.3 Å². The lowest BCUT2D eigenvalue weighted by atomic mass is 9.92. The highest BCUT2D eigenvalue weighted by Crippen LogP contribution is 2.35. The van der Waals surface area contributed by atoms with Crippen LogP contribution in [0.3, 0.4) is 0 Å². The Morgan fingerprint density at radius 2 is 1.94 bits per heavy atom. The molecule has 0 spiro atoms. The Bertz CT molecular complexity index is 1180. The molecule has 1 aliphatic rings. The van der Waals surface area contributed by atoms with Gasteiger partial charge in [0.05, 0.1) is 19.2 Å². The highest BCUT2D eigenvalue weighted by atomic mass is 19.4. The first-order chi connectivity index (χ1) is 16.2. The van der Waals surface area contributed by atoms with Crippen LogP contribution in [0.4, 0.5) is 30.6 Å². The van der Waals surface area contributed by atoms with Crippen molar-refractivity contribution in [1.82, 2.24) is 15.0 Å². The van der Waals surface area contributed by atoms with E-state index < -0.39 is 17.7 Å². The Kier molecular flexibility index (Phi) is 6.82. The first-order valence-corrected chi connectivity index (χ1v) is 10.9. The van der Waals surface area contributed by atoms with Crippen LogP contribution >= 0.6 is 0 Å². The number of aromatic nitrogens is 3. The van der Waals surface area contributed by atoms with Crippen molar-refractivity contribution in [3.63, 3.8) is 0 Å². The lowest BCUT2D eigenvalue weighted by Crippen LogP contribution is -2.33. The van der Waals surface area contributed by atoms with Crippen molar-refractivity contribution in [3.8, 4) is 0 Å². The number of nitrogens with one attached hydrogen (secondary N) is 2. The highest BCUT2D eigenvalue weighted by Gasteiger charge is 2.36. The standard InChI is InChI=1S/C23H25F3N6O2/c1-34-20(33)11-19-17-7-6-16(10-13(17)8-9-28-19)31-22-29-12-18(23(24,25)26)21(32-22)30-15-4-2-14(27)3-5-15/h6-10,12,14-15H,2-5,11,27H2,1H3,(H2,29,30,31,32). The van der Waals surface area contributed by atoms with Gasteiger partial charge in [-0.15, -0.1) is 0 Å². The highest BCUT2D eigenvalue weighted by molar-refractivity contribution is 5.90. The summed E-state index contributed by atoms with van der Waals surface area (Å²) in [7, 11) is 1.31. The number of fused-ring (bicyclic) bond motifs is 1. The van der Waals surface area contributed by atoms with Crippen molar-refractivity contribution in [2.75, 3.05) is 17.7 Å². The zero-order chi connectivity index (χ0) is 24.3. The van der Waals surface area contributed by atoms with Gasteiger partial charge in [-0.2, -0.15) is 18.2 Å². The summed E-state index contributed by atoms with van der Waals surface area (Å²) in [6, 6.07) is 7.01. The molecule has 0 aliphatic heterocycles. The Balaban J connectivity index is 1.58. The molecule has 4 N–H and O–H groups in total. The molecule has 0 atom stereocenters. The summed E-state index contributed by atoms with van der Waals surface area (Å²) in [5.74, 6) is -0.623. The van der Waals surface area contributed by atoms with Gasteiger partial charge in [-0.05, 0) is 49.3 Å². The number of nitrogens with zero attached hydrogens (tertiary/aromatic N) is 3. The second kappa shape index (κ2) is 9.80. The van der Waals surface area contributed by atoms with E-state index in [1.165, 1.54) is 7.11 Å². The third-order valence-electron chi connectivity index (χ3n) is 5.85. The molecular formula is C23H25F3N6O2. The van der Waals surface area contributed by atoms with E-state index in [1.54, 1.807) is 30.5 Å². The molecule has 0 bridgehead atoms. The summed E-state index contributed by atoms with van der Waals surface area (Å²) < 4.78 is 45.4. The van der Waals surface area contributed by atoms with Crippen LogP contribution in [0, 0.1) is 0 Å². The van der Waals surface area contributed by atoms with Gasteiger partial charge in [-0.3, -0.25) is 9.78 Å². The van der Waals surface area contributed by atoms with Gasteiger partial charge in [0.2, 0.25) is 5.95 Å². The minimum Gasteiger partial charge on any atom is -0.469 e. The second-order valence-corrected chi connectivity index (χ2v) is 8.28. The molecule has 180 valence electrons. The average molecular weight is 474 g/mol. The van der Waals surface area contributed by atoms with Crippen LogP contribution in [-0.4, -0.2) is 40.1 Å². The lowest BCUT2D eigenvalue weighted by Gasteiger charge is -2.28. The van der Waals surface area contributed by atoms with Crippen molar-refractivity contribution in [3.05, 3.63) is 47.9 Å². The van der Waals surface area contributed by atoms with Gasteiger partial charge in [0.15, 0.2) is 0 Å². The molecule has 3 aromatic rings. The molecule has 0 saturated heterocycles. The monoisotopic (exact) mass is 474 g/mol. The predicted octanol–water partition coefficient (Wildman–Crippen LogP) is 4.18. The molecule has 1 aromatic carbocycles. The summed E-state index contributed by atoms with van der Waals surface area (Å²) in [4.78, 5) is 23.9. The smallest absolute Gasteiger partial charge is 0.421 e. The SMILES string of the molecule is COC(=O)Cc1nccc2cc(Nc3ncc(C(F)(F)F)c(NC4CCC(N)CC4)n3)ccc12. The van der Waals surface area contributed by atoms with Gasteiger partial charge in [-0.1, -0.05) is 6.07 Å². The third kappa shape index (κ3) is 5.53. The van der Waals surface area contributed by atoms with Crippen LogP contribution in [0.15, 0.2) is 36.7 Å². The molecule has 8 nitrogen and oxygen atoms in total. The molecule has 1 fully saturated rings. The van der Waals surface area contributed by atoms with Crippen molar-refractivity contribution >= 4 is 34.2 Å². The molecule has 0 unspecified atom stereocenters. The number of carbonyl (C=O) groups excluding carboxylic acids is 1. The number of anilines is 3. The zero-order valence-electron chi connectivity index (χ0n) is 18.5. The second-order valence-electron chi connectivity index (χ2n) is 8.28. The van der Waals surface area contributed by atoms with Gasteiger partial charge in [0.1, 0.15) is 11.4 Å². The summed E-state index contributed by atoms with van der Waals surface area (Å²) in [6.45, 7) is 0. The fourth-order valence-electron chi connectivity index (χ4n) is 4.01. The summed E-state index contributed by atoms with van der Waals surface area (Å²) in [6.07, 6.45) is 0.665. The van der Waals surface area contributed by atoms with Gasteiger partial charge >= 0.3 is 12.1 Å². The van der Waals surface area contributed by atoms with Crippen molar-refractivity contribution in [2.45, 2.75) is 50.4 Å². The van der Waals surface area contributed by atoms with E-state index in [2.05, 4.69) is 25.6 Å². The number of halogens is 3. The molecule has 11 heteroatoms. The Hall–Kier alpha value is -3.47. The van der Waals surface area contributed by atoms with E-state index >= 15 is 0 Å². The molecule has 2 aromatic heterocycles. The Morgan fingerprint density at radius 1 is 1.18 bits per heavy atom. The van der Waals surface area contributed by atoms with E-state index in [9.17, 15) is 18.0 Å². The topological polar surface area (TPSA) is 115 Å². The molecular weight excluding hydrogens is 449 g/mol. The summed E-state index contributed by atoms with van der Waals surface area (Å²) >= 11 is 0. The normalized spacial score (nSPS) is 18.5. The largest absolute Gasteiger partial charge is 0.469 e. The molecule has 0 radical (unpaired) electrons. The number of rotatable bonds is 6. The zero-order valence-corrected chi connectivity index (χ0v) is 18.5. The molecule has 1 aliphatic carbocycles. The number of esters is 1. The number of ether oxygens (including phenoxy) is 1. The van der Waals surface area contributed by atoms with Crippen LogP contribution < -0.4 is 16.4 Å². The predicted molar refractivity (Wildman–Crippen MR) is 122 cm³/mol. The first kappa shape index (κ1) is 23.7. The van der Waals surface area contributed by atoms with Crippen LogP contribution in [0.5, 0.6) is 0 Å². The summed E-state index contributed by atoms with van der Waals surface area (Å²) in [5.41, 5.74) is 6.15. The fraction of sp³-hybridized carbons (Fsp3) is 0.391. The number of methoxy groups -OCH3 is 1. The average Bonchev–Trinajstić information content (AvgIpc) is 2.80. The maximum atomic E-state index is 13.6. The number of hydrogen-bond donors (Lipinski definition) is 3. The van der Waals surface area contributed by atoms with E-state index in [1.807, 2.05) is 0 Å². The van der Waals surface area contributed by atoms with E-state index in [0.29, 0.717) is 24.2 Å². The van der Waals surface area contributed by atoms with Crippen LogP contribution in [0.25, 0.3) is 10.8 Å². The van der Waals surface area contributed by atoms with Gasteiger partial charge in [0, 0.05) is 35.6 Å². The molecule has 2 heterocycles. The fourth-order valence-corrected chi connectivity index (χ4v) is 4.01. The minimum absolute atomic E-state index is 0.0315. The van der Waals surface area contributed by atoms with Crippen molar-refractivity contribution in [1.29, 1.82) is 0 Å². The number of carbonyl (C=O) groups is 1. The van der Waals surface area contributed by atoms with Crippen molar-refractivity contribution < 1.29 is 22.7 Å². The lowest BCUT2D eigenvalue weighted by molar-refractivity contribution is -0.140. The van der Waals surface area contributed by atoms with Gasteiger partial charge in [-0.25, -0.2) is 4.98 Å². The maximum absolute atomic E-state index is 13.6. The number of pyridine rings is 1. The Morgan fingerprint density at radius 3 is 2.65 bits per heavy atom. The van der Waals surface area contributed by atoms with Crippen LogP contribution in [-0.2, 0) is 22.1 Å². The number of benzene rings is 1. The van der Waals surface area contributed by atoms with E-state index in [4.69, 9.17) is 10.5 Å². The number of nitrogens with two attached hydrogens (primary N) is 1. The molecule has 1 saturated carbocycles. The van der Waals surface area contributed by atoms with Crippen LogP contribution in [0.2, 0.25) is 0 Å². The van der Waals surface area contributed by atoms with E-state index in [0.717, 1.165) is 29.8 Å². The number of alkyl halides is 3. The molecule has 4 rings (SSSR count). The summed E-state index contributed by atoms with van der Waals surface area (Å²) in [5, 5.41) is 7.48. The molecule has 34 heavy (non-hydrogen) atoms. The number of hydrogen-bond acceptors (Lipinski definition) is 8. The minimum atomic E-state index is -4.59. The van der Waals surface area contributed by atoms with Gasteiger partial charge < -0.3 is 21.1 Å². The third-order valence-corrected chi connectivity index (χ3v) is 5.85. The van der Waals surface area contributed by atoms with Gasteiger partial charge in [0.25, 0.3) is 0 Å². The van der Waals surface area contributed by atoms with Crippen LogP contribution in [0.1, 0.15) is 36.9 Å². The van der Waals surface area contributed by atoms with Crippen molar-refractivity contribution in [2.24, 2.45) is 5.73 Å². The molecule has 0 amide bonds. The quantitative estimate of drug-likeness (QED) is 0.456. The maximum Gasteiger partial charge on any atom is 0.421 e. The Labute approximate surface area is 194 Å².